The van der Waals surface area contributed by atoms with Crippen molar-refractivity contribution in [3.8, 4) is 11.5 Å². The smallest absolute Gasteiger partial charge is 0.233 e. The fraction of sp³-hybridized carbons (Fsp3) is 0.552. The van der Waals surface area contributed by atoms with E-state index < -0.39 is 39.2 Å². The molecular formula is C29H40O7Si. The zero-order valence-electron chi connectivity index (χ0n) is 22.9. The Hall–Kier alpha value is -2.23. The molecule has 2 aliphatic heterocycles. The van der Waals surface area contributed by atoms with E-state index in [9.17, 15) is 4.79 Å². The molecule has 0 amide bonds. The molecular weight excluding hydrogens is 488 g/mol. The van der Waals surface area contributed by atoms with Crippen LogP contribution in [0.5, 0.6) is 11.5 Å². The maximum absolute atomic E-state index is 14.1. The molecule has 0 aromatic heterocycles. The zero-order valence-corrected chi connectivity index (χ0v) is 23.9. The van der Waals surface area contributed by atoms with Crippen molar-refractivity contribution in [1.82, 2.24) is 0 Å². The molecule has 2 aromatic carbocycles. The van der Waals surface area contributed by atoms with Gasteiger partial charge < -0.3 is 28.1 Å². The van der Waals surface area contributed by atoms with Crippen LogP contribution in [0.25, 0.3) is 0 Å². The van der Waals surface area contributed by atoms with E-state index in [1.807, 2.05) is 42.5 Å². The Bertz CT molecular complexity index is 1000. The zero-order chi connectivity index (χ0) is 26.7. The molecule has 2 saturated heterocycles. The molecule has 1 unspecified atom stereocenters. The van der Waals surface area contributed by atoms with E-state index in [2.05, 4.69) is 41.5 Å². The molecule has 0 bridgehead atoms. The summed E-state index contributed by atoms with van der Waals surface area (Å²) in [5.74, 6) is 1.13. The van der Waals surface area contributed by atoms with Gasteiger partial charge in [-0.3, -0.25) is 4.79 Å². The lowest BCUT2D eigenvalue weighted by Gasteiger charge is -2.49. The van der Waals surface area contributed by atoms with E-state index in [0.29, 0.717) is 11.5 Å². The molecule has 8 heteroatoms. The number of benzene rings is 2. The summed E-state index contributed by atoms with van der Waals surface area (Å²) in [7, 11) is -0.842. The lowest BCUT2D eigenvalue weighted by molar-refractivity contribution is -0.304. The van der Waals surface area contributed by atoms with Crippen LogP contribution in [0.4, 0.5) is 0 Å². The van der Waals surface area contributed by atoms with Crippen molar-refractivity contribution in [1.29, 1.82) is 0 Å². The van der Waals surface area contributed by atoms with E-state index in [0.717, 1.165) is 5.56 Å². The fourth-order valence-electron chi connectivity index (χ4n) is 5.84. The number of rotatable bonds is 9. The highest BCUT2D eigenvalue weighted by Gasteiger charge is 2.56. The second-order valence-corrected chi connectivity index (χ2v) is 16.1. The van der Waals surface area contributed by atoms with Crippen LogP contribution in [0.2, 0.25) is 16.6 Å². The first-order valence-corrected chi connectivity index (χ1v) is 15.3. The Balaban J connectivity index is 1.65. The number of carbonyl (C=O) groups excluding carboxylic acids is 1. The van der Waals surface area contributed by atoms with Crippen molar-refractivity contribution in [2.45, 2.75) is 89.1 Å². The SMILES string of the molecule is COc1ccc(O[C@@H]2O[C@@H]3COC(c4ccccc4)O[C@@H]3C(=O)[C@H]2O[Si](C(C)C)(C(C)C)C(C)C)cc1. The summed E-state index contributed by atoms with van der Waals surface area (Å²) in [6.45, 7) is 13.4. The molecule has 2 fully saturated rings. The van der Waals surface area contributed by atoms with Gasteiger partial charge in [0.25, 0.3) is 0 Å². The highest BCUT2D eigenvalue weighted by molar-refractivity contribution is 6.77. The lowest BCUT2D eigenvalue weighted by Crippen LogP contribution is -2.65. The molecule has 2 aromatic rings. The van der Waals surface area contributed by atoms with Gasteiger partial charge in [0.1, 0.15) is 17.6 Å². The van der Waals surface area contributed by atoms with Crippen LogP contribution in [0, 0.1) is 0 Å². The van der Waals surface area contributed by atoms with Gasteiger partial charge in [0.2, 0.25) is 14.6 Å². The van der Waals surface area contributed by atoms with Gasteiger partial charge in [0.15, 0.2) is 24.3 Å². The lowest BCUT2D eigenvalue weighted by atomic mass is 9.99. The summed E-state index contributed by atoms with van der Waals surface area (Å²) < 4.78 is 37.1. The van der Waals surface area contributed by atoms with Crippen LogP contribution in [0.3, 0.4) is 0 Å². The maximum Gasteiger partial charge on any atom is 0.233 e. The highest BCUT2D eigenvalue weighted by Crippen LogP contribution is 2.45. The fourth-order valence-corrected chi connectivity index (χ4v) is 11.3. The molecule has 2 aliphatic rings. The summed E-state index contributed by atoms with van der Waals surface area (Å²) in [4.78, 5) is 14.1. The van der Waals surface area contributed by atoms with E-state index in [4.69, 9.17) is 28.1 Å². The highest BCUT2D eigenvalue weighted by atomic mass is 28.4. The average molecular weight is 529 g/mol. The first-order chi connectivity index (χ1) is 17.7. The quantitative estimate of drug-likeness (QED) is 0.367. The van der Waals surface area contributed by atoms with Crippen molar-refractivity contribution < 1.29 is 32.9 Å². The number of hydrogen-bond acceptors (Lipinski definition) is 7. The van der Waals surface area contributed by atoms with Crippen LogP contribution in [-0.4, -0.2) is 52.4 Å². The topological polar surface area (TPSA) is 72.5 Å². The standard InChI is InChI=1S/C29H40O7Si/c1-18(2)37(19(3)4,20(5)6)36-27-25(30)26-24(17-32-28(35-26)21-11-9-8-10-12-21)34-29(27)33-23-15-13-22(31-7)14-16-23/h8-16,18-20,24,26-29H,17H2,1-7H3/t24-,26+,27-,28?,29-/m1/s1. The van der Waals surface area contributed by atoms with Crippen LogP contribution in [-0.2, 0) is 23.4 Å². The van der Waals surface area contributed by atoms with Gasteiger partial charge in [-0.2, -0.15) is 0 Å². The number of methoxy groups -OCH3 is 1. The average Bonchev–Trinajstić information content (AvgIpc) is 2.89. The van der Waals surface area contributed by atoms with E-state index in [1.54, 1.807) is 19.2 Å². The number of hydrogen-bond donors (Lipinski definition) is 0. The van der Waals surface area contributed by atoms with Crippen molar-refractivity contribution in [2.24, 2.45) is 0 Å². The van der Waals surface area contributed by atoms with E-state index in [-0.39, 0.29) is 29.0 Å². The minimum atomic E-state index is -2.46. The molecule has 0 N–H and O–H groups in total. The maximum atomic E-state index is 14.1. The van der Waals surface area contributed by atoms with Crippen molar-refractivity contribution in [3.63, 3.8) is 0 Å². The van der Waals surface area contributed by atoms with Crippen molar-refractivity contribution >= 4 is 14.1 Å². The minimum absolute atomic E-state index is 0.155. The third kappa shape index (κ3) is 5.63. The Kier molecular flexibility index (Phi) is 8.76. The van der Waals surface area contributed by atoms with Crippen LogP contribution in [0.1, 0.15) is 53.4 Å². The number of carbonyl (C=O) groups is 1. The van der Waals surface area contributed by atoms with Crippen molar-refractivity contribution in [3.05, 3.63) is 60.2 Å². The minimum Gasteiger partial charge on any atom is -0.497 e. The Morgan fingerprint density at radius 3 is 2.00 bits per heavy atom. The predicted octanol–water partition coefficient (Wildman–Crippen LogP) is 6.04. The molecule has 0 aliphatic carbocycles. The number of fused-ring (bicyclic) bond motifs is 1. The van der Waals surface area contributed by atoms with Gasteiger partial charge in [0.05, 0.1) is 13.7 Å². The van der Waals surface area contributed by atoms with Gasteiger partial charge in [-0.15, -0.1) is 0 Å². The summed E-state index contributed by atoms with van der Waals surface area (Å²) in [5.41, 5.74) is 1.71. The predicted molar refractivity (Wildman–Crippen MR) is 143 cm³/mol. The van der Waals surface area contributed by atoms with E-state index in [1.165, 1.54) is 0 Å². The van der Waals surface area contributed by atoms with Gasteiger partial charge in [-0.05, 0) is 40.9 Å². The number of ether oxygens (including phenoxy) is 5. The molecule has 0 saturated carbocycles. The summed E-state index contributed by atoms with van der Waals surface area (Å²) in [5, 5.41) is 0. The molecule has 202 valence electrons. The van der Waals surface area contributed by atoms with Gasteiger partial charge in [0, 0.05) is 5.56 Å². The van der Waals surface area contributed by atoms with Crippen LogP contribution >= 0.6 is 0 Å². The van der Waals surface area contributed by atoms with Crippen LogP contribution < -0.4 is 9.47 Å². The third-order valence-electron chi connectivity index (χ3n) is 7.56. The Morgan fingerprint density at radius 1 is 0.838 bits per heavy atom. The van der Waals surface area contributed by atoms with Gasteiger partial charge in [-0.1, -0.05) is 71.9 Å². The first-order valence-electron chi connectivity index (χ1n) is 13.2. The number of Topliss-reactive ketones (excluding diaryl/α,β-unsaturated/α-hetero) is 1. The third-order valence-corrected chi connectivity index (χ3v) is 13.6. The molecule has 37 heavy (non-hydrogen) atoms. The number of ketones is 1. The Labute approximate surface area is 221 Å². The second-order valence-electron chi connectivity index (χ2n) is 10.7. The van der Waals surface area contributed by atoms with Gasteiger partial charge >= 0.3 is 0 Å². The first kappa shape index (κ1) is 27.8. The van der Waals surface area contributed by atoms with E-state index >= 15 is 0 Å². The Morgan fingerprint density at radius 2 is 1.43 bits per heavy atom. The second kappa shape index (κ2) is 11.7. The molecule has 7 nitrogen and oxygen atoms in total. The molecule has 4 rings (SSSR count). The van der Waals surface area contributed by atoms with Crippen LogP contribution in [0.15, 0.2) is 54.6 Å². The summed E-state index contributed by atoms with van der Waals surface area (Å²) in [6, 6.07) is 16.9. The summed E-state index contributed by atoms with van der Waals surface area (Å²) in [6.07, 6.45) is -3.89. The molecule has 0 radical (unpaired) electrons. The monoisotopic (exact) mass is 528 g/mol. The largest absolute Gasteiger partial charge is 0.497 e. The molecule has 0 spiro atoms. The summed E-state index contributed by atoms with van der Waals surface area (Å²) >= 11 is 0. The van der Waals surface area contributed by atoms with Crippen molar-refractivity contribution in [2.75, 3.05) is 13.7 Å². The molecule has 5 atom stereocenters. The molecule has 2 heterocycles. The van der Waals surface area contributed by atoms with Gasteiger partial charge in [-0.25, -0.2) is 0 Å². The normalized spacial score (nSPS) is 26.4.